The van der Waals surface area contributed by atoms with Crippen molar-refractivity contribution in [1.29, 1.82) is 0 Å². The molecule has 64 valence electrons. The molecule has 0 rings (SSSR count). The monoisotopic (exact) mass is 152 g/mol. The zero-order valence-corrected chi connectivity index (χ0v) is 4.29. The van der Waals surface area contributed by atoms with Gasteiger partial charge in [0, 0.05) is 0 Å². The number of carbonyl (C=O) groups excluding carboxylic acids is 3. The van der Waals surface area contributed by atoms with E-state index in [0.29, 0.717) is 0 Å². The van der Waals surface area contributed by atoms with Crippen LogP contribution in [0.2, 0.25) is 0 Å². The average molecular weight is 152 g/mol. The SMILES string of the molecule is C.C.C=O.C=O.NC(N)=O. The lowest BCUT2D eigenvalue weighted by atomic mass is 11.2. The Balaban J connectivity index is -0.0000000125. The second kappa shape index (κ2) is 128. The molecule has 0 aliphatic rings. The molecule has 0 aliphatic carbocycles. The van der Waals surface area contributed by atoms with Gasteiger partial charge in [0.1, 0.15) is 13.6 Å². The Hall–Kier alpha value is -1.39. The molecule has 0 spiro atoms. The highest BCUT2D eigenvalue weighted by atomic mass is 16.2. The summed E-state index contributed by atoms with van der Waals surface area (Å²) in [5.74, 6) is 0. The summed E-state index contributed by atoms with van der Waals surface area (Å²) in [7, 11) is 0. The van der Waals surface area contributed by atoms with Crippen LogP contribution in [0.1, 0.15) is 14.9 Å². The zero-order valence-electron chi connectivity index (χ0n) is 4.29. The zero-order chi connectivity index (χ0) is 7.58. The molecule has 0 unspecified atom stereocenters. The van der Waals surface area contributed by atoms with Crippen LogP contribution in [0.25, 0.3) is 0 Å². The molecule has 4 N–H and O–H groups in total. The molecule has 5 nitrogen and oxygen atoms in total. The molecule has 0 aliphatic heterocycles. The van der Waals surface area contributed by atoms with Gasteiger partial charge in [0.25, 0.3) is 0 Å². The summed E-state index contributed by atoms with van der Waals surface area (Å²) in [6.07, 6.45) is 0. The van der Waals surface area contributed by atoms with Gasteiger partial charge in [-0.3, -0.25) is 0 Å². The van der Waals surface area contributed by atoms with Crippen molar-refractivity contribution in [1.82, 2.24) is 0 Å². The molecule has 0 fully saturated rings. The van der Waals surface area contributed by atoms with Crippen molar-refractivity contribution in [2.45, 2.75) is 14.9 Å². The minimum Gasteiger partial charge on any atom is -0.352 e. The molecule has 0 saturated carbocycles. The van der Waals surface area contributed by atoms with Crippen LogP contribution in [0, 0.1) is 0 Å². The Morgan fingerprint density at radius 3 is 0.900 bits per heavy atom. The maximum Gasteiger partial charge on any atom is 0.309 e. The van der Waals surface area contributed by atoms with Gasteiger partial charge in [-0.2, -0.15) is 0 Å². The third kappa shape index (κ3) is 108. The van der Waals surface area contributed by atoms with E-state index in [0.717, 1.165) is 0 Å². The molecule has 0 bridgehead atoms. The molecule has 0 saturated heterocycles. The highest BCUT2D eigenvalue weighted by Gasteiger charge is 1.60. The largest absolute Gasteiger partial charge is 0.352 e. The van der Waals surface area contributed by atoms with Crippen LogP contribution in [0.5, 0.6) is 0 Å². The second-order valence-corrected chi connectivity index (χ2v) is 0.402. The average Bonchev–Trinajstić information content (AvgIpc) is 1.75. The summed E-state index contributed by atoms with van der Waals surface area (Å²) in [5.41, 5.74) is 8.50. The van der Waals surface area contributed by atoms with E-state index in [-0.39, 0.29) is 14.9 Å². The van der Waals surface area contributed by atoms with Gasteiger partial charge < -0.3 is 21.1 Å². The minimum absolute atomic E-state index is 0. The Morgan fingerprint density at radius 2 is 0.900 bits per heavy atom. The lowest BCUT2D eigenvalue weighted by Gasteiger charge is -1.62. The molecule has 0 radical (unpaired) electrons. The first-order chi connectivity index (χ1) is 3.73. The molecular formula is C5H16N2O3. The minimum atomic E-state index is -0.833. The summed E-state index contributed by atoms with van der Waals surface area (Å²) < 4.78 is 0. The van der Waals surface area contributed by atoms with Crippen molar-refractivity contribution in [3.05, 3.63) is 0 Å². The van der Waals surface area contributed by atoms with Gasteiger partial charge in [-0.15, -0.1) is 0 Å². The normalized spacial score (nSPS) is 3.20. The summed E-state index contributed by atoms with van der Waals surface area (Å²) in [5, 5.41) is 0. The van der Waals surface area contributed by atoms with Crippen molar-refractivity contribution >= 4 is 19.6 Å². The fourth-order valence-electron chi connectivity index (χ4n) is 0. The second-order valence-electron chi connectivity index (χ2n) is 0.402. The predicted octanol–water partition coefficient (Wildman–Crippen LogP) is -0.0738. The maximum atomic E-state index is 9.00. The van der Waals surface area contributed by atoms with Gasteiger partial charge >= 0.3 is 6.03 Å². The van der Waals surface area contributed by atoms with Crippen LogP contribution in [0.3, 0.4) is 0 Å². The Bertz CT molecular complexity index is 52.9. The Labute approximate surface area is 61.4 Å². The van der Waals surface area contributed by atoms with Gasteiger partial charge in [0.2, 0.25) is 0 Å². The third-order valence-corrected chi connectivity index (χ3v) is 0. The van der Waals surface area contributed by atoms with Crippen molar-refractivity contribution in [3.8, 4) is 0 Å². The van der Waals surface area contributed by atoms with Crippen molar-refractivity contribution < 1.29 is 14.4 Å². The van der Waals surface area contributed by atoms with Crippen LogP contribution < -0.4 is 11.5 Å². The number of urea groups is 1. The number of nitrogens with two attached hydrogens (primary N) is 2. The number of hydrogen-bond acceptors (Lipinski definition) is 3. The number of hydrogen-bond donors (Lipinski definition) is 2. The molecule has 10 heavy (non-hydrogen) atoms. The van der Waals surface area contributed by atoms with Gasteiger partial charge in [-0.1, -0.05) is 14.9 Å². The Kier molecular flexibility index (Phi) is 491. The van der Waals surface area contributed by atoms with Crippen LogP contribution in [-0.4, -0.2) is 19.6 Å². The quantitative estimate of drug-likeness (QED) is 0.507. The van der Waals surface area contributed by atoms with Crippen LogP contribution in [0.15, 0.2) is 0 Å². The number of primary amides is 2. The van der Waals surface area contributed by atoms with Gasteiger partial charge in [-0.05, 0) is 0 Å². The predicted molar refractivity (Wildman–Crippen MR) is 41.5 cm³/mol. The standard InChI is InChI=1S/CH4N2O.2CH2O.2CH4/c2-1(3)4;2*1-2;;/h(H4,2,3,4);2*1H2;2*1H4. The first kappa shape index (κ1) is 38.3. The topological polar surface area (TPSA) is 103 Å². The van der Waals surface area contributed by atoms with E-state index in [2.05, 4.69) is 11.5 Å². The van der Waals surface area contributed by atoms with E-state index in [1.807, 2.05) is 13.6 Å². The maximum absolute atomic E-state index is 9.00. The van der Waals surface area contributed by atoms with Crippen molar-refractivity contribution in [3.63, 3.8) is 0 Å². The van der Waals surface area contributed by atoms with E-state index in [1.54, 1.807) is 0 Å². The van der Waals surface area contributed by atoms with E-state index < -0.39 is 6.03 Å². The first-order valence-electron chi connectivity index (χ1n) is 1.36. The molecule has 0 heterocycles. The number of rotatable bonds is 0. The van der Waals surface area contributed by atoms with Gasteiger partial charge in [0.05, 0.1) is 0 Å². The summed E-state index contributed by atoms with van der Waals surface area (Å²) in [6.45, 7) is 4.00. The van der Waals surface area contributed by atoms with Crippen LogP contribution in [0.4, 0.5) is 4.79 Å². The van der Waals surface area contributed by atoms with E-state index >= 15 is 0 Å². The van der Waals surface area contributed by atoms with Crippen LogP contribution in [-0.2, 0) is 9.59 Å². The molecule has 0 aromatic rings. The highest BCUT2D eigenvalue weighted by Crippen LogP contribution is 1.25. The first-order valence-corrected chi connectivity index (χ1v) is 1.36. The molecule has 2 amide bonds. The molecule has 5 heteroatoms. The molecule has 0 atom stereocenters. The Morgan fingerprint density at radius 1 is 0.900 bits per heavy atom. The summed E-state index contributed by atoms with van der Waals surface area (Å²) in [4.78, 5) is 25.0. The van der Waals surface area contributed by atoms with Crippen LogP contribution >= 0.6 is 0 Å². The van der Waals surface area contributed by atoms with Gasteiger partial charge in [-0.25, -0.2) is 4.79 Å². The third-order valence-electron chi connectivity index (χ3n) is 0. The van der Waals surface area contributed by atoms with Crippen molar-refractivity contribution in [2.75, 3.05) is 0 Å². The molecule has 0 aromatic heterocycles. The summed E-state index contributed by atoms with van der Waals surface area (Å²) in [6, 6.07) is -0.833. The van der Waals surface area contributed by atoms with E-state index in [9.17, 15) is 0 Å². The van der Waals surface area contributed by atoms with E-state index in [1.165, 1.54) is 0 Å². The molecule has 0 aromatic carbocycles. The van der Waals surface area contributed by atoms with Gasteiger partial charge in [0.15, 0.2) is 0 Å². The number of amides is 2. The fourth-order valence-corrected chi connectivity index (χ4v) is 0. The number of carbonyl (C=O) groups is 3. The van der Waals surface area contributed by atoms with E-state index in [4.69, 9.17) is 14.4 Å². The lowest BCUT2D eigenvalue weighted by Crippen LogP contribution is -2.18. The highest BCUT2D eigenvalue weighted by molar-refractivity contribution is 5.69. The lowest BCUT2D eigenvalue weighted by molar-refractivity contribution is -0.0987. The summed E-state index contributed by atoms with van der Waals surface area (Å²) >= 11 is 0. The fraction of sp³-hybridized carbons (Fsp3) is 0.400. The smallest absolute Gasteiger partial charge is 0.309 e. The van der Waals surface area contributed by atoms with Crippen molar-refractivity contribution in [2.24, 2.45) is 11.5 Å². The molecular weight excluding hydrogens is 136 g/mol.